The molecule has 100 valence electrons. The van der Waals surface area contributed by atoms with Crippen LogP contribution in [0, 0.1) is 11.3 Å². The monoisotopic (exact) mass is 265 g/mol. The molecule has 0 spiro atoms. The van der Waals surface area contributed by atoms with Crippen LogP contribution in [-0.2, 0) is 0 Å². The second kappa shape index (κ2) is 5.22. The summed E-state index contributed by atoms with van der Waals surface area (Å²) < 4.78 is 0. The summed E-state index contributed by atoms with van der Waals surface area (Å²) in [6.07, 6.45) is 3.51. The molecule has 1 aliphatic rings. The van der Waals surface area contributed by atoms with E-state index in [4.69, 9.17) is 17.3 Å². The van der Waals surface area contributed by atoms with E-state index in [0.717, 1.165) is 23.8 Å². The first-order valence-electron chi connectivity index (χ1n) is 6.89. The molecule has 3 atom stereocenters. The van der Waals surface area contributed by atoms with Gasteiger partial charge in [0, 0.05) is 17.0 Å². The van der Waals surface area contributed by atoms with E-state index in [-0.39, 0.29) is 6.04 Å². The largest absolute Gasteiger partial charge is 0.327 e. The molecule has 1 aromatic rings. The molecule has 1 nitrogen and oxygen atoms in total. The van der Waals surface area contributed by atoms with Crippen LogP contribution in [0.3, 0.4) is 0 Å². The van der Waals surface area contributed by atoms with Gasteiger partial charge in [-0.1, -0.05) is 50.6 Å². The van der Waals surface area contributed by atoms with Gasteiger partial charge in [-0.05, 0) is 42.2 Å². The van der Waals surface area contributed by atoms with Gasteiger partial charge in [0.25, 0.3) is 0 Å². The molecule has 3 unspecified atom stereocenters. The van der Waals surface area contributed by atoms with E-state index in [2.05, 4.69) is 32.9 Å². The SMILES string of the molecule is CC(C)(C)C1CCC(N)C(c2ccccc2Cl)C1. The lowest BCUT2D eigenvalue weighted by atomic mass is 9.66. The minimum Gasteiger partial charge on any atom is -0.327 e. The highest BCUT2D eigenvalue weighted by molar-refractivity contribution is 6.31. The lowest BCUT2D eigenvalue weighted by molar-refractivity contribution is 0.154. The number of hydrogen-bond donors (Lipinski definition) is 1. The Morgan fingerprint density at radius 3 is 2.44 bits per heavy atom. The fraction of sp³-hybridized carbons (Fsp3) is 0.625. The predicted molar refractivity (Wildman–Crippen MR) is 79.0 cm³/mol. The molecule has 0 saturated heterocycles. The van der Waals surface area contributed by atoms with Crippen molar-refractivity contribution in [1.82, 2.24) is 0 Å². The second-order valence-electron chi connectivity index (χ2n) is 6.67. The third kappa shape index (κ3) is 2.89. The van der Waals surface area contributed by atoms with Gasteiger partial charge in [-0.2, -0.15) is 0 Å². The molecular weight excluding hydrogens is 242 g/mol. The van der Waals surface area contributed by atoms with Gasteiger partial charge in [0.05, 0.1) is 0 Å². The van der Waals surface area contributed by atoms with Crippen molar-refractivity contribution in [2.45, 2.75) is 52.0 Å². The quantitative estimate of drug-likeness (QED) is 0.789. The van der Waals surface area contributed by atoms with Crippen molar-refractivity contribution >= 4 is 11.6 Å². The summed E-state index contributed by atoms with van der Waals surface area (Å²) in [5, 5.41) is 0.868. The van der Waals surface area contributed by atoms with Crippen molar-refractivity contribution in [3.8, 4) is 0 Å². The smallest absolute Gasteiger partial charge is 0.0441 e. The first-order chi connectivity index (χ1) is 8.39. The van der Waals surface area contributed by atoms with Crippen LogP contribution in [0.2, 0.25) is 5.02 Å². The first-order valence-corrected chi connectivity index (χ1v) is 7.27. The molecule has 0 heterocycles. The molecule has 0 radical (unpaired) electrons. The summed E-state index contributed by atoms with van der Waals surface area (Å²) in [6.45, 7) is 6.99. The number of nitrogens with two attached hydrogens (primary N) is 1. The average molecular weight is 266 g/mol. The van der Waals surface area contributed by atoms with Crippen LogP contribution in [0.1, 0.15) is 51.5 Å². The molecule has 1 saturated carbocycles. The molecule has 0 amide bonds. The number of benzene rings is 1. The summed E-state index contributed by atoms with van der Waals surface area (Å²) in [7, 11) is 0. The molecule has 1 aliphatic carbocycles. The van der Waals surface area contributed by atoms with E-state index in [1.165, 1.54) is 12.0 Å². The van der Waals surface area contributed by atoms with E-state index in [9.17, 15) is 0 Å². The minimum absolute atomic E-state index is 0.253. The van der Waals surface area contributed by atoms with Crippen molar-refractivity contribution in [1.29, 1.82) is 0 Å². The van der Waals surface area contributed by atoms with Gasteiger partial charge in [-0.15, -0.1) is 0 Å². The van der Waals surface area contributed by atoms with Gasteiger partial charge >= 0.3 is 0 Å². The van der Waals surface area contributed by atoms with Gasteiger partial charge in [0.15, 0.2) is 0 Å². The molecular formula is C16H24ClN. The Morgan fingerprint density at radius 2 is 1.83 bits per heavy atom. The maximum absolute atomic E-state index is 6.33. The van der Waals surface area contributed by atoms with E-state index >= 15 is 0 Å². The van der Waals surface area contributed by atoms with E-state index in [1.54, 1.807) is 0 Å². The summed E-state index contributed by atoms with van der Waals surface area (Å²) in [6, 6.07) is 8.42. The van der Waals surface area contributed by atoms with Crippen molar-refractivity contribution in [3.63, 3.8) is 0 Å². The molecule has 2 heteroatoms. The van der Waals surface area contributed by atoms with E-state index in [1.807, 2.05) is 12.1 Å². The average Bonchev–Trinajstić information content (AvgIpc) is 2.29. The summed E-state index contributed by atoms with van der Waals surface area (Å²) in [4.78, 5) is 0. The zero-order chi connectivity index (χ0) is 13.3. The van der Waals surface area contributed by atoms with Crippen molar-refractivity contribution in [3.05, 3.63) is 34.9 Å². The first kappa shape index (κ1) is 13.9. The molecule has 2 rings (SSSR count). The third-order valence-corrected chi connectivity index (χ3v) is 4.78. The topological polar surface area (TPSA) is 26.0 Å². The van der Waals surface area contributed by atoms with E-state index < -0.39 is 0 Å². The van der Waals surface area contributed by atoms with Crippen molar-refractivity contribution in [2.75, 3.05) is 0 Å². The van der Waals surface area contributed by atoms with Crippen molar-refractivity contribution in [2.24, 2.45) is 17.1 Å². The number of hydrogen-bond acceptors (Lipinski definition) is 1. The predicted octanol–water partition coefficient (Wildman–Crippen LogP) is 4.60. The molecule has 1 fully saturated rings. The van der Waals surface area contributed by atoms with Crippen LogP contribution in [0.4, 0.5) is 0 Å². The lowest BCUT2D eigenvalue weighted by Gasteiger charge is -2.41. The highest BCUT2D eigenvalue weighted by atomic mass is 35.5. The Hall–Kier alpha value is -0.530. The van der Waals surface area contributed by atoms with Crippen LogP contribution in [0.5, 0.6) is 0 Å². The Morgan fingerprint density at radius 1 is 1.17 bits per heavy atom. The maximum atomic E-state index is 6.33. The molecule has 0 aromatic heterocycles. The second-order valence-corrected chi connectivity index (χ2v) is 7.08. The lowest BCUT2D eigenvalue weighted by Crippen LogP contribution is -2.38. The fourth-order valence-electron chi connectivity index (χ4n) is 3.11. The fourth-order valence-corrected chi connectivity index (χ4v) is 3.39. The van der Waals surface area contributed by atoms with E-state index in [0.29, 0.717) is 11.3 Å². The maximum Gasteiger partial charge on any atom is 0.0441 e. The van der Waals surface area contributed by atoms with Gasteiger partial charge in [0.2, 0.25) is 0 Å². The zero-order valence-electron chi connectivity index (χ0n) is 11.6. The minimum atomic E-state index is 0.253. The summed E-state index contributed by atoms with van der Waals surface area (Å²) in [5.74, 6) is 1.15. The molecule has 18 heavy (non-hydrogen) atoms. The van der Waals surface area contributed by atoms with Gasteiger partial charge in [0.1, 0.15) is 0 Å². The van der Waals surface area contributed by atoms with Crippen LogP contribution < -0.4 is 5.73 Å². The van der Waals surface area contributed by atoms with Gasteiger partial charge in [-0.3, -0.25) is 0 Å². The Balaban J connectivity index is 2.23. The van der Waals surface area contributed by atoms with Crippen LogP contribution in [0.15, 0.2) is 24.3 Å². The molecule has 0 bridgehead atoms. The summed E-state index contributed by atoms with van der Waals surface area (Å²) in [5.41, 5.74) is 7.92. The number of rotatable bonds is 1. The van der Waals surface area contributed by atoms with Gasteiger partial charge in [-0.25, -0.2) is 0 Å². The highest BCUT2D eigenvalue weighted by Crippen LogP contribution is 2.44. The molecule has 1 aromatic carbocycles. The molecule has 0 aliphatic heterocycles. The van der Waals surface area contributed by atoms with Crippen LogP contribution >= 0.6 is 11.6 Å². The summed E-state index contributed by atoms with van der Waals surface area (Å²) >= 11 is 6.33. The Kier molecular flexibility index (Phi) is 4.03. The third-order valence-electron chi connectivity index (χ3n) is 4.43. The zero-order valence-corrected chi connectivity index (χ0v) is 12.4. The standard InChI is InChI=1S/C16H24ClN/c1-16(2,3)11-8-9-15(18)13(10-11)12-6-4-5-7-14(12)17/h4-7,11,13,15H,8-10,18H2,1-3H3. The number of halogens is 1. The Labute approximate surface area is 116 Å². The molecule has 2 N–H and O–H groups in total. The van der Waals surface area contributed by atoms with Crippen molar-refractivity contribution < 1.29 is 0 Å². The normalized spacial score (nSPS) is 29.3. The van der Waals surface area contributed by atoms with Crippen LogP contribution in [0.25, 0.3) is 0 Å². The Bertz CT molecular complexity index is 408. The van der Waals surface area contributed by atoms with Crippen LogP contribution in [-0.4, -0.2) is 6.04 Å². The van der Waals surface area contributed by atoms with Gasteiger partial charge < -0.3 is 5.73 Å². The highest BCUT2D eigenvalue weighted by Gasteiger charge is 2.35.